The summed E-state index contributed by atoms with van der Waals surface area (Å²) in [4.78, 5) is 267. The number of ketones is 1. The van der Waals surface area contributed by atoms with Crippen molar-refractivity contribution in [1.82, 2.24) is 92.6 Å². The minimum atomic E-state index is -1.79. The van der Waals surface area contributed by atoms with E-state index in [0.29, 0.717) is 65.5 Å². The van der Waals surface area contributed by atoms with Gasteiger partial charge >= 0.3 is 0 Å². The van der Waals surface area contributed by atoms with Crippen molar-refractivity contribution in [2.24, 2.45) is 34.0 Å². The van der Waals surface area contributed by atoms with Crippen LogP contribution in [0.25, 0.3) is 10.9 Å². The molecule has 2 aromatic carbocycles. The number of unbranched alkanes of at least 4 members (excludes halogenated alkanes) is 2. The number of benzene rings is 2. The zero-order valence-electron chi connectivity index (χ0n) is 74.0. The number of thioether (sulfide) groups is 1. The molecule has 3 aliphatic rings. The summed E-state index contributed by atoms with van der Waals surface area (Å²) >= 11 is 0.797. The normalized spacial score (nSPS) is 24.4. The molecule has 5 heterocycles. The number of nitrogens with two attached hydrogens (primary N) is 3. The van der Waals surface area contributed by atoms with Gasteiger partial charge in [-0.1, -0.05) is 108 Å². The largest absolute Gasteiger partial charge is 0.394 e. The van der Waals surface area contributed by atoms with Gasteiger partial charge in [0.05, 0.1) is 38.2 Å². The van der Waals surface area contributed by atoms with Crippen molar-refractivity contribution in [3.63, 3.8) is 0 Å². The van der Waals surface area contributed by atoms with Gasteiger partial charge in [0.15, 0.2) is 11.7 Å². The van der Waals surface area contributed by atoms with Crippen molar-refractivity contribution in [3.8, 4) is 0 Å². The van der Waals surface area contributed by atoms with Crippen LogP contribution in [0.15, 0.2) is 90.1 Å². The summed E-state index contributed by atoms with van der Waals surface area (Å²) in [6, 6.07) is -2.33. The number of aliphatic hydroxyl groups excluding tert-OH is 1. The lowest BCUT2D eigenvalue weighted by molar-refractivity contribution is -0.149. The van der Waals surface area contributed by atoms with E-state index in [4.69, 9.17) is 22.6 Å². The molecule has 1 unspecified atom stereocenters. The van der Waals surface area contributed by atoms with Gasteiger partial charge in [-0.3, -0.25) is 91.9 Å². The number of aliphatic imine (C=N–C) groups is 1. The number of allylic oxidation sites excluding steroid dienone is 1. The number of primary amides is 2. The van der Waals surface area contributed by atoms with E-state index in [1.54, 1.807) is 86.9 Å². The fourth-order valence-corrected chi connectivity index (χ4v) is 16.1. The monoisotopic (exact) mass is 1800 g/mol. The molecule has 0 radical (unpaired) electrons. The zero-order chi connectivity index (χ0) is 94.0. The van der Waals surface area contributed by atoms with Crippen molar-refractivity contribution in [1.29, 1.82) is 5.41 Å². The second-order valence-corrected chi connectivity index (χ2v) is 33.9. The summed E-state index contributed by atoms with van der Waals surface area (Å²) in [5.74, 6) is -17.9. The van der Waals surface area contributed by atoms with E-state index in [0.717, 1.165) is 36.3 Å². The number of aliphatic hydroxyl groups is 1. The van der Waals surface area contributed by atoms with Gasteiger partial charge in [-0.2, -0.15) is 0 Å². The number of amides is 16. The minimum Gasteiger partial charge on any atom is -0.394 e. The first-order valence-corrected chi connectivity index (χ1v) is 44.3. The molecule has 2 fully saturated rings. The predicted molar refractivity (Wildman–Crippen MR) is 475 cm³/mol. The van der Waals surface area contributed by atoms with Crippen LogP contribution in [0.1, 0.15) is 148 Å². The molecule has 42 heteroatoms. The molecule has 20 N–H and O–H groups in total. The maximum atomic E-state index is 15.4. The van der Waals surface area contributed by atoms with E-state index in [9.17, 15) is 72.2 Å². The lowest BCUT2D eigenvalue weighted by atomic mass is 9.92. The summed E-state index contributed by atoms with van der Waals surface area (Å²) in [6.07, 6.45) is 7.75. The Balaban J connectivity index is 1.28. The van der Waals surface area contributed by atoms with Gasteiger partial charge < -0.3 is 110 Å². The van der Waals surface area contributed by atoms with Crippen LogP contribution in [0.3, 0.4) is 0 Å². The molecule has 0 bridgehead atoms. The molecular weight excluding hydrogens is 1680 g/mol. The molecule has 698 valence electrons. The smallest absolute Gasteiger partial charge is 0.246 e. The fourth-order valence-electron chi connectivity index (χ4n) is 15.3. The Labute approximate surface area is 747 Å². The number of H-pyrrole nitrogens is 2. The maximum Gasteiger partial charge on any atom is 0.246 e. The van der Waals surface area contributed by atoms with E-state index < -0.39 is 229 Å². The quantitative estimate of drug-likeness (QED) is 0.0183. The van der Waals surface area contributed by atoms with E-state index in [1.807, 2.05) is 13.8 Å². The number of guanidine groups is 1. The molecule has 4 aromatic rings. The Bertz CT molecular complexity index is 4640. The molecule has 7 rings (SSSR count). The predicted octanol–water partition coefficient (Wildman–Crippen LogP) is -2.02. The number of nitrogens with one attached hydrogen (secondary N) is 13. The van der Waals surface area contributed by atoms with Crippen LogP contribution in [-0.2, 0) is 101 Å². The highest BCUT2D eigenvalue weighted by molar-refractivity contribution is 8.00. The number of rotatable bonds is 26. The second-order valence-electron chi connectivity index (χ2n) is 32.9. The number of aromatic nitrogens is 3. The molecule has 0 saturated carbocycles. The number of carbonyl (C=O) groups is 17. The van der Waals surface area contributed by atoms with Crippen LogP contribution in [0, 0.1) is 17.2 Å². The Morgan fingerprint density at radius 2 is 1.24 bits per heavy atom. The zero-order valence-corrected chi connectivity index (χ0v) is 74.8. The molecule has 128 heavy (non-hydrogen) atoms. The van der Waals surface area contributed by atoms with Gasteiger partial charge in [0.25, 0.3) is 0 Å². The third-order valence-electron chi connectivity index (χ3n) is 22.4. The molecule has 0 spiro atoms. The number of aromatic amines is 2. The molecule has 2 aromatic heterocycles. The van der Waals surface area contributed by atoms with Gasteiger partial charge in [0, 0.05) is 126 Å². The lowest BCUT2D eigenvalue weighted by Crippen LogP contribution is -2.60. The number of nitrogens with zero attached hydrogens (tertiary/aromatic N) is 7. The van der Waals surface area contributed by atoms with E-state index in [1.165, 1.54) is 47.6 Å². The summed E-state index contributed by atoms with van der Waals surface area (Å²) in [5.41, 5.74) is 19.3. The number of Topliss-reactive ketones (excluding diaryl/α,β-unsaturated/α-hetero) is 1. The van der Waals surface area contributed by atoms with Crippen LogP contribution in [-0.4, -0.2) is 302 Å². The van der Waals surface area contributed by atoms with E-state index in [2.05, 4.69) is 73.1 Å². The molecule has 2 saturated heterocycles. The summed E-state index contributed by atoms with van der Waals surface area (Å²) in [5, 5.41) is 45.9. The molecule has 16 amide bonds. The SMILES string of the molecule is CCCC[C@H]1C(=O)N(C)[C@@H](CCCC)C(=O)N[C@@H](CCCNC(=N)N)C(=O)N[C@H](C(=O)NCC(N)=O)CSCC(=O)N[C@@H](Cc2ccccc2)C(=O)N(C)[C@@H](C)C(=O)N[C@@H](CC(N)=O)C(=O)N2CCC[C@H]2C(=O)N[C@@H](Cc2cnc[nH]2)C(=O)N[C@@H](CC(C)C)C(=O)N(C)CC(=O)CC(Cc2c[nH]c3ccccc23)C(=O)N[C@@H](CO)C(=O)N[C@@H](CC2=CCC=N2)C(=O)N1C. The van der Waals surface area contributed by atoms with Gasteiger partial charge in [0.2, 0.25) is 94.5 Å². The van der Waals surface area contributed by atoms with Crippen LogP contribution in [0.5, 0.6) is 0 Å². The fraction of sp³-hybridized carbons (Fsp3) is 0.558. The van der Waals surface area contributed by atoms with Crippen molar-refractivity contribution in [3.05, 3.63) is 102 Å². The highest BCUT2D eigenvalue weighted by Gasteiger charge is 2.44. The summed E-state index contributed by atoms with van der Waals surface area (Å²) < 4.78 is 0. The second kappa shape index (κ2) is 50.6. The molecular formula is C86H125N23O18S. The summed E-state index contributed by atoms with van der Waals surface area (Å²) in [6.45, 7) is 6.11. The minimum absolute atomic E-state index is 0.00171. The standard InChI is InChI=1S/C86H125N23O18S/c1-10-12-28-67-79(121)98-59(27-20-32-93-86(89)90)76(118)104-66(75(117)95-43-71(88)113)46-128-47-72(114)97-62(35-51-22-15-14-16-23-51)82(124)106(7)50(5)73(115)100-64(40-70(87)112)84(126)109-33-21-30-68(109)80(122)99-60(39-55-42-91-48-96-55)77(119)101-61(34-49(3)4)81(123)105(6)44-56(111)37-52(36-53-41-94-58-26-18-17-25-57(53)58)74(116)103-65(45-110)78(120)102-63(38-54-24-19-31-92-54)83(125)108(9)69(29-13-11-2)85(127)107(67)8/h14-18,22-26,31,41-42,48-50,52,59-69,94,110H,10-13,19-21,27-30,32-40,43-47H2,1-9H3,(H2,87,112)(H2,88,113)(H,91,96)(H,95,117)(H,97,114)(H,98,121)(H,99,122)(H,100,115)(H,101,119)(H,102,120)(H,103,116)(H,104,118)(H4,89,90,93)/t50-,52?,59-,60-,61-,62-,63-,64-,65-,66-,67-,68-,69-/m0/s1. The molecule has 3 aliphatic heterocycles. The number of hydrogen-bond donors (Lipinski definition) is 17. The lowest BCUT2D eigenvalue weighted by Gasteiger charge is -2.36. The van der Waals surface area contributed by atoms with E-state index >= 15 is 14.4 Å². The van der Waals surface area contributed by atoms with Crippen molar-refractivity contribution in [2.45, 2.75) is 223 Å². The van der Waals surface area contributed by atoms with Gasteiger partial charge in [-0.05, 0) is 81.4 Å². The first kappa shape index (κ1) is 102. The number of carbonyl (C=O) groups excluding carboxylic acids is 17. The third kappa shape index (κ3) is 30.9. The Kier molecular flexibility index (Phi) is 40.5. The number of likely N-dealkylation sites (N-methyl/N-ethyl adjacent to an activating group) is 4. The number of hydrogen-bond acceptors (Lipinski definition) is 22. The average Bonchev–Trinajstić information content (AvgIpc) is 1.15. The Morgan fingerprint density at radius 3 is 1.89 bits per heavy atom. The molecule has 0 aliphatic carbocycles. The van der Waals surface area contributed by atoms with Crippen molar-refractivity contribution < 1.29 is 86.6 Å². The van der Waals surface area contributed by atoms with Crippen LogP contribution >= 0.6 is 11.8 Å². The highest BCUT2D eigenvalue weighted by Crippen LogP contribution is 2.27. The molecule has 41 nitrogen and oxygen atoms in total. The van der Waals surface area contributed by atoms with Crippen LogP contribution in [0.4, 0.5) is 0 Å². The van der Waals surface area contributed by atoms with Crippen LogP contribution in [0.2, 0.25) is 0 Å². The number of imidazole rings is 1. The number of fused-ring (bicyclic) bond motifs is 2. The van der Waals surface area contributed by atoms with Crippen molar-refractivity contribution in [2.75, 3.05) is 72.5 Å². The Morgan fingerprint density at radius 1 is 0.617 bits per heavy atom. The molecule has 13 atom stereocenters. The van der Waals surface area contributed by atoms with Crippen LogP contribution < -0.4 is 70.4 Å². The third-order valence-corrected chi connectivity index (χ3v) is 23.5. The first-order chi connectivity index (χ1) is 60.9. The number of para-hydroxylation sites is 1. The average molecular weight is 1800 g/mol. The van der Waals surface area contributed by atoms with Gasteiger partial charge in [0.1, 0.15) is 72.5 Å². The highest BCUT2D eigenvalue weighted by atomic mass is 32.2. The van der Waals surface area contributed by atoms with Gasteiger partial charge in [-0.15, -0.1) is 11.8 Å². The topological polar surface area (TPSA) is 606 Å². The summed E-state index contributed by atoms with van der Waals surface area (Å²) in [7, 11) is 5.28. The van der Waals surface area contributed by atoms with Gasteiger partial charge in [-0.25, -0.2) is 4.98 Å². The maximum absolute atomic E-state index is 15.4. The van der Waals surface area contributed by atoms with Crippen molar-refractivity contribution >= 4 is 135 Å². The first-order valence-electron chi connectivity index (χ1n) is 43.1. The van der Waals surface area contributed by atoms with E-state index in [-0.39, 0.29) is 89.6 Å². The Hall–Kier alpha value is -12.6.